The second kappa shape index (κ2) is 10.9. The lowest BCUT2D eigenvalue weighted by Crippen LogP contribution is -2.54. The third-order valence-electron chi connectivity index (χ3n) is 6.00. The molecule has 0 aliphatic carbocycles. The van der Waals surface area contributed by atoms with Crippen LogP contribution in [-0.4, -0.2) is 73.8 Å². The van der Waals surface area contributed by atoms with Crippen LogP contribution in [0.25, 0.3) is 0 Å². The first-order valence-corrected chi connectivity index (χ1v) is 12.3. The van der Waals surface area contributed by atoms with Gasteiger partial charge in [0.25, 0.3) is 0 Å². The van der Waals surface area contributed by atoms with Gasteiger partial charge in [-0.1, -0.05) is 38.0 Å². The van der Waals surface area contributed by atoms with Crippen molar-refractivity contribution in [2.75, 3.05) is 26.7 Å². The Kier molecular flexibility index (Phi) is 8.80. The van der Waals surface area contributed by atoms with Crippen LogP contribution in [0.2, 0.25) is 0 Å². The Hall–Kier alpha value is -2.46. The van der Waals surface area contributed by atoms with Crippen molar-refractivity contribution in [1.29, 1.82) is 0 Å². The first kappa shape index (κ1) is 25.8. The minimum atomic E-state index is -3.88. The molecule has 2 rings (SSSR count). The van der Waals surface area contributed by atoms with Gasteiger partial charge >= 0.3 is 5.97 Å². The number of carboxylic acid groups (broad SMARTS) is 1. The minimum absolute atomic E-state index is 0.106. The number of nitrogens with zero attached hydrogens (tertiary/aromatic N) is 2. The molecule has 1 aromatic carbocycles. The van der Waals surface area contributed by atoms with Crippen molar-refractivity contribution in [3.8, 4) is 0 Å². The molecular weight excluding hydrogens is 434 g/mol. The number of carbonyl (C=O) groups excluding carboxylic acids is 2. The second-order valence-corrected chi connectivity index (χ2v) is 10.2. The SMILES string of the molecule is CC[C@@H](C)[C@H](NS(=O)(=O)c1ccc(C)cc1)C(=O)N1CCC(C(=O)N(C)CC(=O)O)CC1. The lowest BCUT2D eigenvalue weighted by Gasteiger charge is -2.36. The summed E-state index contributed by atoms with van der Waals surface area (Å²) in [4.78, 5) is 39.4. The monoisotopic (exact) mass is 467 g/mol. The summed E-state index contributed by atoms with van der Waals surface area (Å²) in [6, 6.07) is 5.53. The molecule has 1 fully saturated rings. The third kappa shape index (κ3) is 6.52. The molecule has 0 spiro atoms. The Morgan fingerprint density at radius 1 is 1.19 bits per heavy atom. The quantitative estimate of drug-likeness (QED) is 0.567. The van der Waals surface area contributed by atoms with E-state index in [4.69, 9.17) is 5.11 Å². The van der Waals surface area contributed by atoms with Crippen molar-refractivity contribution < 1.29 is 27.9 Å². The molecule has 10 heteroatoms. The fourth-order valence-electron chi connectivity index (χ4n) is 3.73. The van der Waals surface area contributed by atoms with Crippen LogP contribution >= 0.6 is 0 Å². The predicted octanol–water partition coefficient (Wildman–Crippen LogP) is 1.47. The number of aliphatic carboxylic acids is 1. The Morgan fingerprint density at radius 2 is 1.75 bits per heavy atom. The van der Waals surface area contributed by atoms with Gasteiger partial charge in [-0.25, -0.2) is 8.42 Å². The topological polar surface area (TPSA) is 124 Å². The highest BCUT2D eigenvalue weighted by Crippen LogP contribution is 2.22. The number of aryl methyl sites for hydroxylation is 1. The summed E-state index contributed by atoms with van der Waals surface area (Å²) in [6.45, 7) is 5.86. The number of hydrogen-bond acceptors (Lipinski definition) is 5. The van der Waals surface area contributed by atoms with Gasteiger partial charge in [-0.3, -0.25) is 14.4 Å². The Labute approximate surface area is 189 Å². The van der Waals surface area contributed by atoms with Crippen LogP contribution in [0.3, 0.4) is 0 Å². The molecule has 1 heterocycles. The van der Waals surface area contributed by atoms with Crippen molar-refractivity contribution in [2.45, 2.75) is 51.0 Å². The van der Waals surface area contributed by atoms with Crippen LogP contribution in [0.1, 0.15) is 38.7 Å². The molecule has 1 saturated heterocycles. The molecular formula is C22H33N3O6S. The largest absolute Gasteiger partial charge is 0.480 e. The fourth-order valence-corrected chi connectivity index (χ4v) is 5.03. The standard InChI is InChI=1S/C22H33N3O6S/c1-5-16(3)20(23-32(30,31)18-8-6-15(2)7-9-18)22(29)25-12-10-17(11-13-25)21(28)24(4)14-19(26)27/h6-9,16-17,20,23H,5,10-14H2,1-4H3,(H,26,27)/t16-,20+/m1/s1. The van der Waals surface area contributed by atoms with Gasteiger partial charge in [0.15, 0.2) is 0 Å². The summed E-state index contributed by atoms with van der Waals surface area (Å²) in [5, 5.41) is 8.87. The van der Waals surface area contributed by atoms with E-state index in [2.05, 4.69) is 4.72 Å². The molecule has 1 aromatic rings. The smallest absolute Gasteiger partial charge is 0.323 e. The number of hydrogen-bond donors (Lipinski definition) is 2. The van der Waals surface area contributed by atoms with Gasteiger partial charge in [-0.05, 0) is 37.8 Å². The number of likely N-dealkylation sites (N-methyl/N-ethyl adjacent to an activating group) is 1. The van der Waals surface area contributed by atoms with E-state index in [-0.39, 0.29) is 35.1 Å². The average molecular weight is 468 g/mol. The number of likely N-dealkylation sites (tertiary alicyclic amines) is 1. The molecule has 0 radical (unpaired) electrons. The molecule has 2 amide bonds. The fraction of sp³-hybridized carbons (Fsp3) is 0.591. The van der Waals surface area contributed by atoms with Crippen molar-refractivity contribution in [1.82, 2.24) is 14.5 Å². The highest BCUT2D eigenvalue weighted by molar-refractivity contribution is 7.89. The molecule has 0 saturated carbocycles. The molecule has 178 valence electrons. The number of sulfonamides is 1. The maximum atomic E-state index is 13.2. The van der Waals surface area contributed by atoms with E-state index < -0.39 is 22.0 Å². The summed E-state index contributed by atoms with van der Waals surface area (Å²) in [7, 11) is -2.42. The number of benzene rings is 1. The van der Waals surface area contributed by atoms with Gasteiger partial charge in [0, 0.05) is 26.1 Å². The molecule has 2 atom stereocenters. The second-order valence-electron chi connectivity index (χ2n) is 8.49. The molecule has 0 aromatic heterocycles. The Morgan fingerprint density at radius 3 is 2.25 bits per heavy atom. The van der Waals surface area contributed by atoms with Crippen LogP contribution in [0.4, 0.5) is 0 Å². The number of amides is 2. The number of nitrogens with one attached hydrogen (secondary N) is 1. The third-order valence-corrected chi connectivity index (χ3v) is 7.45. The van der Waals surface area contributed by atoms with Gasteiger partial charge < -0.3 is 14.9 Å². The first-order chi connectivity index (χ1) is 15.0. The molecule has 2 N–H and O–H groups in total. The average Bonchev–Trinajstić information content (AvgIpc) is 2.76. The van der Waals surface area contributed by atoms with Crippen molar-refractivity contribution in [3.63, 3.8) is 0 Å². The molecule has 0 unspecified atom stereocenters. The normalized spacial score (nSPS) is 16.9. The van der Waals surface area contributed by atoms with Crippen LogP contribution in [-0.2, 0) is 24.4 Å². The zero-order valence-corrected chi connectivity index (χ0v) is 19.9. The van der Waals surface area contributed by atoms with Gasteiger partial charge in [-0.2, -0.15) is 4.72 Å². The maximum Gasteiger partial charge on any atom is 0.323 e. The minimum Gasteiger partial charge on any atom is -0.480 e. The van der Waals surface area contributed by atoms with Crippen molar-refractivity contribution in [2.24, 2.45) is 11.8 Å². The van der Waals surface area contributed by atoms with Gasteiger partial charge in [0.2, 0.25) is 21.8 Å². The summed E-state index contributed by atoms with van der Waals surface area (Å²) in [5.41, 5.74) is 0.935. The van der Waals surface area contributed by atoms with Gasteiger partial charge in [-0.15, -0.1) is 0 Å². The number of carboxylic acids is 1. The lowest BCUT2D eigenvalue weighted by atomic mass is 9.93. The van der Waals surface area contributed by atoms with Crippen LogP contribution in [0.15, 0.2) is 29.2 Å². The predicted molar refractivity (Wildman–Crippen MR) is 119 cm³/mol. The van der Waals surface area contributed by atoms with E-state index in [1.54, 1.807) is 17.0 Å². The number of carbonyl (C=O) groups is 3. The van der Waals surface area contributed by atoms with Gasteiger partial charge in [0.1, 0.15) is 12.6 Å². The van der Waals surface area contributed by atoms with Crippen LogP contribution in [0, 0.1) is 18.8 Å². The highest BCUT2D eigenvalue weighted by Gasteiger charge is 2.36. The highest BCUT2D eigenvalue weighted by atomic mass is 32.2. The van der Waals surface area contributed by atoms with Crippen molar-refractivity contribution in [3.05, 3.63) is 29.8 Å². The van der Waals surface area contributed by atoms with E-state index >= 15 is 0 Å². The lowest BCUT2D eigenvalue weighted by molar-refractivity contribution is -0.146. The molecule has 0 bridgehead atoms. The Bertz CT molecular complexity index is 923. The zero-order chi connectivity index (χ0) is 24.1. The molecule has 32 heavy (non-hydrogen) atoms. The molecule has 1 aliphatic heterocycles. The summed E-state index contributed by atoms with van der Waals surface area (Å²) in [5.74, 6) is -2.21. The van der Waals surface area contributed by atoms with E-state index in [0.717, 1.165) is 5.56 Å². The van der Waals surface area contributed by atoms with Crippen LogP contribution < -0.4 is 4.72 Å². The first-order valence-electron chi connectivity index (χ1n) is 10.8. The summed E-state index contributed by atoms with van der Waals surface area (Å²) < 4.78 is 28.4. The van der Waals surface area contributed by atoms with Gasteiger partial charge in [0.05, 0.1) is 4.90 Å². The maximum absolute atomic E-state index is 13.2. The summed E-state index contributed by atoms with van der Waals surface area (Å²) in [6.07, 6.45) is 1.43. The number of rotatable bonds is 9. The van der Waals surface area contributed by atoms with E-state index in [1.807, 2.05) is 20.8 Å². The van der Waals surface area contributed by atoms with E-state index in [9.17, 15) is 22.8 Å². The van der Waals surface area contributed by atoms with Crippen LogP contribution in [0.5, 0.6) is 0 Å². The summed E-state index contributed by atoms with van der Waals surface area (Å²) >= 11 is 0. The molecule has 9 nitrogen and oxygen atoms in total. The van der Waals surface area contributed by atoms with E-state index in [1.165, 1.54) is 24.1 Å². The van der Waals surface area contributed by atoms with E-state index in [0.29, 0.717) is 32.4 Å². The molecule has 1 aliphatic rings. The Balaban J connectivity index is 2.08. The zero-order valence-electron chi connectivity index (χ0n) is 19.1. The van der Waals surface area contributed by atoms with Crippen molar-refractivity contribution >= 4 is 27.8 Å². The number of piperidine rings is 1.